The fourth-order valence-electron chi connectivity index (χ4n) is 3.38. The van der Waals surface area contributed by atoms with Crippen molar-refractivity contribution in [2.75, 3.05) is 51.7 Å². The maximum atomic E-state index is 12.9. The molecule has 0 saturated carbocycles. The highest BCUT2D eigenvalue weighted by molar-refractivity contribution is 6.09. The molecule has 10 nitrogen and oxygen atoms in total. The summed E-state index contributed by atoms with van der Waals surface area (Å²) in [6.45, 7) is -0.217. The Hall–Kier alpha value is -4.05. The van der Waals surface area contributed by atoms with E-state index < -0.39 is 17.8 Å². The Labute approximate surface area is 190 Å². The molecule has 33 heavy (non-hydrogen) atoms. The number of hydrogen-bond acceptors (Lipinski definition) is 9. The first kappa shape index (κ1) is 23.6. The molecule has 2 aromatic rings. The monoisotopic (exact) mass is 455 g/mol. The Morgan fingerprint density at radius 2 is 1.70 bits per heavy atom. The zero-order chi connectivity index (χ0) is 24.0. The van der Waals surface area contributed by atoms with Crippen LogP contribution in [0.15, 0.2) is 53.7 Å². The molecule has 1 amide bonds. The molecule has 0 aliphatic carbocycles. The number of aliphatic hydroxyl groups excluding tert-OH is 1. The van der Waals surface area contributed by atoms with Gasteiger partial charge in [-0.05, 0) is 30.3 Å². The summed E-state index contributed by atoms with van der Waals surface area (Å²) < 4.78 is 15.0. The van der Waals surface area contributed by atoms with Gasteiger partial charge >= 0.3 is 11.9 Å². The molecule has 3 N–H and O–H groups in total. The van der Waals surface area contributed by atoms with Crippen LogP contribution in [0.3, 0.4) is 0 Å². The second-order valence-electron chi connectivity index (χ2n) is 7.00. The second-order valence-corrected chi connectivity index (χ2v) is 7.00. The highest BCUT2D eigenvalue weighted by atomic mass is 16.5. The third-order valence-electron chi connectivity index (χ3n) is 5.03. The number of esters is 2. The van der Waals surface area contributed by atoms with E-state index in [1.54, 1.807) is 31.4 Å². The standard InChI is InChI=1S/C23H25N3O7/c1-31-19-7-5-4-6-17(19)24-16-9-8-14(22(29)32-2)12-18(16)25-20-15(23(30)33-3)13-26(10-11-27)21(20)28/h4-9,12,24-25,27H,10-11,13H2,1-3H3. The van der Waals surface area contributed by atoms with Crippen LogP contribution in [-0.2, 0) is 19.1 Å². The minimum atomic E-state index is -0.672. The van der Waals surface area contributed by atoms with Crippen molar-refractivity contribution in [3.05, 3.63) is 59.3 Å². The first-order valence-electron chi connectivity index (χ1n) is 10.0. The summed E-state index contributed by atoms with van der Waals surface area (Å²) in [6.07, 6.45) is 0. The molecule has 2 aromatic carbocycles. The summed E-state index contributed by atoms with van der Waals surface area (Å²) in [6, 6.07) is 12.0. The predicted molar refractivity (Wildman–Crippen MR) is 120 cm³/mol. The first-order valence-corrected chi connectivity index (χ1v) is 10.0. The van der Waals surface area contributed by atoms with Crippen LogP contribution in [0.25, 0.3) is 0 Å². The van der Waals surface area contributed by atoms with E-state index in [2.05, 4.69) is 10.6 Å². The van der Waals surface area contributed by atoms with Gasteiger partial charge < -0.3 is 34.9 Å². The van der Waals surface area contributed by atoms with Crippen LogP contribution < -0.4 is 15.4 Å². The van der Waals surface area contributed by atoms with Gasteiger partial charge in [-0.1, -0.05) is 12.1 Å². The molecule has 0 fully saturated rings. The summed E-state index contributed by atoms with van der Waals surface area (Å²) in [5, 5.41) is 15.5. The van der Waals surface area contributed by atoms with Crippen LogP contribution in [-0.4, -0.2) is 68.9 Å². The Kier molecular flexibility index (Phi) is 7.52. The number of nitrogens with zero attached hydrogens (tertiary/aromatic N) is 1. The number of benzene rings is 2. The average Bonchev–Trinajstić information content (AvgIpc) is 3.14. The van der Waals surface area contributed by atoms with E-state index in [0.29, 0.717) is 22.8 Å². The number of hydrogen-bond donors (Lipinski definition) is 3. The number of carbonyl (C=O) groups is 3. The van der Waals surface area contributed by atoms with Crippen molar-refractivity contribution in [2.45, 2.75) is 0 Å². The van der Waals surface area contributed by atoms with Crippen molar-refractivity contribution >= 4 is 34.9 Å². The van der Waals surface area contributed by atoms with Crippen LogP contribution in [0, 0.1) is 0 Å². The van der Waals surface area contributed by atoms with Crippen molar-refractivity contribution in [3.8, 4) is 5.75 Å². The average molecular weight is 455 g/mol. The third-order valence-corrected chi connectivity index (χ3v) is 5.03. The lowest BCUT2D eigenvalue weighted by molar-refractivity contribution is -0.136. The third kappa shape index (κ3) is 5.07. The molecule has 1 aliphatic heterocycles. The van der Waals surface area contributed by atoms with E-state index in [4.69, 9.17) is 14.2 Å². The minimum absolute atomic E-state index is 0.000363. The normalized spacial score (nSPS) is 13.1. The highest BCUT2D eigenvalue weighted by Crippen LogP contribution is 2.34. The van der Waals surface area contributed by atoms with Crippen LogP contribution in [0.5, 0.6) is 5.75 Å². The predicted octanol–water partition coefficient (Wildman–Crippen LogP) is 1.90. The van der Waals surface area contributed by atoms with Gasteiger partial charge in [-0.25, -0.2) is 9.59 Å². The maximum absolute atomic E-state index is 12.9. The number of para-hydroxylation sites is 2. The summed E-state index contributed by atoms with van der Waals surface area (Å²) in [4.78, 5) is 38.7. The number of carbonyl (C=O) groups excluding carboxylic acids is 3. The van der Waals surface area contributed by atoms with E-state index in [1.807, 2.05) is 12.1 Å². The summed E-state index contributed by atoms with van der Waals surface area (Å²) in [7, 11) is 4.03. The van der Waals surface area contributed by atoms with E-state index in [0.717, 1.165) is 0 Å². The topological polar surface area (TPSA) is 126 Å². The number of nitrogens with one attached hydrogen (secondary N) is 2. The molecule has 0 aromatic heterocycles. The van der Waals surface area contributed by atoms with Crippen molar-refractivity contribution in [3.63, 3.8) is 0 Å². The molecule has 1 heterocycles. The molecule has 0 spiro atoms. The smallest absolute Gasteiger partial charge is 0.337 e. The van der Waals surface area contributed by atoms with Gasteiger partial charge in [0.1, 0.15) is 11.4 Å². The van der Waals surface area contributed by atoms with E-state index in [1.165, 1.54) is 25.2 Å². The molecule has 3 rings (SSSR count). The molecule has 0 atom stereocenters. The first-order chi connectivity index (χ1) is 15.9. The van der Waals surface area contributed by atoms with Gasteiger partial charge in [0.2, 0.25) is 0 Å². The fraction of sp³-hybridized carbons (Fsp3) is 0.261. The van der Waals surface area contributed by atoms with Gasteiger partial charge in [0.15, 0.2) is 0 Å². The van der Waals surface area contributed by atoms with Crippen LogP contribution in [0.2, 0.25) is 0 Å². The quantitative estimate of drug-likeness (QED) is 0.486. The van der Waals surface area contributed by atoms with Gasteiger partial charge in [-0.3, -0.25) is 4.79 Å². The van der Waals surface area contributed by atoms with Gasteiger partial charge in [-0.15, -0.1) is 0 Å². The Bertz CT molecular complexity index is 1100. The van der Waals surface area contributed by atoms with Crippen molar-refractivity contribution in [1.29, 1.82) is 0 Å². The van der Waals surface area contributed by atoms with E-state index in [-0.39, 0.29) is 36.5 Å². The number of amides is 1. The number of methoxy groups -OCH3 is 3. The zero-order valence-electron chi connectivity index (χ0n) is 18.5. The van der Waals surface area contributed by atoms with Crippen LogP contribution in [0.4, 0.5) is 17.1 Å². The van der Waals surface area contributed by atoms with E-state index >= 15 is 0 Å². The van der Waals surface area contributed by atoms with Crippen LogP contribution in [0.1, 0.15) is 10.4 Å². The summed E-state index contributed by atoms with van der Waals surface area (Å²) in [5.41, 5.74) is 1.86. The van der Waals surface area contributed by atoms with Crippen molar-refractivity contribution < 1.29 is 33.7 Å². The fourth-order valence-corrected chi connectivity index (χ4v) is 3.38. The highest BCUT2D eigenvalue weighted by Gasteiger charge is 2.35. The molecule has 0 radical (unpaired) electrons. The largest absolute Gasteiger partial charge is 0.495 e. The Balaban J connectivity index is 2.06. The van der Waals surface area contributed by atoms with Gasteiger partial charge in [0.05, 0.1) is 62.7 Å². The number of anilines is 3. The van der Waals surface area contributed by atoms with Gasteiger partial charge in [-0.2, -0.15) is 0 Å². The SMILES string of the molecule is COC(=O)C1=C(Nc2cc(C(=O)OC)ccc2Nc2ccccc2OC)C(=O)N(CCO)C1. The lowest BCUT2D eigenvalue weighted by Crippen LogP contribution is -2.31. The molecule has 10 heteroatoms. The maximum Gasteiger partial charge on any atom is 0.337 e. The molecular weight excluding hydrogens is 430 g/mol. The van der Waals surface area contributed by atoms with E-state index in [9.17, 15) is 19.5 Å². The Morgan fingerprint density at radius 1 is 0.970 bits per heavy atom. The second kappa shape index (κ2) is 10.5. The zero-order valence-corrected chi connectivity index (χ0v) is 18.5. The Morgan fingerprint density at radius 3 is 2.36 bits per heavy atom. The van der Waals surface area contributed by atoms with Crippen LogP contribution >= 0.6 is 0 Å². The molecule has 1 aliphatic rings. The lowest BCUT2D eigenvalue weighted by atomic mass is 10.1. The van der Waals surface area contributed by atoms with Gasteiger partial charge in [0.25, 0.3) is 5.91 Å². The molecule has 0 unspecified atom stereocenters. The molecule has 174 valence electrons. The number of ether oxygens (including phenoxy) is 3. The van der Waals surface area contributed by atoms with Gasteiger partial charge in [0, 0.05) is 6.54 Å². The van der Waals surface area contributed by atoms with Crippen molar-refractivity contribution in [2.24, 2.45) is 0 Å². The minimum Gasteiger partial charge on any atom is -0.495 e. The summed E-state index contributed by atoms with van der Waals surface area (Å²) >= 11 is 0. The molecule has 0 saturated heterocycles. The molecule has 0 bridgehead atoms. The number of rotatable bonds is 9. The number of aliphatic hydroxyl groups is 1. The van der Waals surface area contributed by atoms with Crippen molar-refractivity contribution in [1.82, 2.24) is 4.90 Å². The molecular formula is C23H25N3O7. The number of β-amino-alcohol motifs (C(OH)–C–C–N with tert-alkyl or cyclic N) is 1. The lowest BCUT2D eigenvalue weighted by Gasteiger charge is -2.18. The summed E-state index contributed by atoms with van der Waals surface area (Å²) in [5.74, 6) is -1.13.